The van der Waals surface area contributed by atoms with Crippen LogP contribution in [-0.2, 0) is 9.53 Å². The van der Waals surface area contributed by atoms with Gasteiger partial charge in [0.1, 0.15) is 5.75 Å². The van der Waals surface area contributed by atoms with Gasteiger partial charge in [0.15, 0.2) is 6.61 Å². The fourth-order valence-corrected chi connectivity index (χ4v) is 1.81. The van der Waals surface area contributed by atoms with Gasteiger partial charge in [0, 0.05) is 30.3 Å². The number of halogens is 1. The van der Waals surface area contributed by atoms with Crippen molar-refractivity contribution in [2.45, 2.75) is 13.0 Å². The molecule has 0 aromatic heterocycles. The Kier molecular flexibility index (Phi) is 7.36. The lowest BCUT2D eigenvalue weighted by Crippen LogP contribution is -2.31. The third-order valence-electron chi connectivity index (χ3n) is 2.86. The molecule has 0 bridgehead atoms. The molecule has 0 aliphatic carbocycles. The Balaban J connectivity index is 2.61. The summed E-state index contributed by atoms with van der Waals surface area (Å²) in [4.78, 5) is 11.6. The minimum atomic E-state index is -0.180. The van der Waals surface area contributed by atoms with Gasteiger partial charge >= 0.3 is 0 Å². The molecule has 2 N–H and O–H groups in total. The number of nitrogens with one attached hydrogen (secondary N) is 2. The molecule has 0 radical (unpaired) electrons. The van der Waals surface area contributed by atoms with Gasteiger partial charge < -0.3 is 20.1 Å². The van der Waals surface area contributed by atoms with Crippen molar-refractivity contribution in [3.05, 3.63) is 28.8 Å². The minimum absolute atomic E-state index is 0.0330. The zero-order chi connectivity index (χ0) is 15.0. The van der Waals surface area contributed by atoms with E-state index in [-0.39, 0.29) is 18.6 Å². The first kappa shape index (κ1) is 16.8. The molecular weight excluding hydrogens is 280 g/mol. The molecule has 0 fully saturated rings. The largest absolute Gasteiger partial charge is 0.483 e. The first-order valence-electron chi connectivity index (χ1n) is 6.43. The van der Waals surface area contributed by atoms with Crippen molar-refractivity contribution in [1.82, 2.24) is 10.6 Å². The van der Waals surface area contributed by atoms with E-state index in [9.17, 15) is 4.79 Å². The zero-order valence-electron chi connectivity index (χ0n) is 12.0. The Morgan fingerprint density at radius 3 is 2.85 bits per heavy atom. The summed E-state index contributed by atoms with van der Waals surface area (Å²) in [6.45, 7) is 2.92. The van der Waals surface area contributed by atoms with Crippen molar-refractivity contribution < 1.29 is 14.3 Å². The van der Waals surface area contributed by atoms with Crippen LogP contribution in [0.1, 0.15) is 18.5 Å². The molecule has 1 unspecified atom stereocenters. The Bertz CT molecular complexity index is 440. The van der Waals surface area contributed by atoms with Crippen molar-refractivity contribution in [1.29, 1.82) is 0 Å². The number of hydrogen-bond donors (Lipinski definition) is 2. The van der Waals surface area contributed by atoms with Crippen LogP contribution in [0, 0.1) is 0 Å². The van der Waals surface area contributed by atoms with E-state index in [1.54, 1.807) is 19.2 Å². The van der Waals surface area contributed by atoms with Gasteiger partial charge in [0.2, 0.25) is 0 Å². The molecule has 0 aliphatic heterocycles. The van der Waals surface area contributed by atoms with Gasteiger partial charge in [-0.15, -0.1) is 0 Å². The van der Waals surface area contributed by atoms with E-state index in [0.29, 0.717) is 23.9 Å². The summed E-state index contributed by atoms with van der Waals surface area (Å²) in [6, 6.07) is 5.43. The molecular formula is C14H21ClN2O3. The van der Waals surface area contributed by atoms with Crippen LogP contribution in [-0.4, -0.2) is 39.8 Å². The van der Waals surface area contributed by atoms with Crippen LogP contribution in [0.3, 0.4) is 0 Å². The van der Waals surface area contributed by atoms with Crippen molar-refractivity contribution in [3.8, 4) is 5.75 Å². The molecule has 0 spiro atoms. The lowest BCUT2D eigenvalue weighted by atomic mass is 10.1. The van der Waals surface area contributed by atoms with Gasteiger partial charge in [0.25, 0.3) is 5.91 Å². The van der Waals surface area contributed by atoms with Gasteiger partial charge in [-0.05, 0) is 32.2 Å². The molecule has 1 atom stereocenters. The number of amides is 1. The second-order valence-electron chi connectivity index (χ2n) is 4.32. The zero-order valence-corrected chi connectivity index (χ0v) is 12.8. The molecule has 6 heteroatoms. The minimum Gasteiger partial charge on any atom is -0.483 e. The predicted octanol–water partition coefficient (Wildman–Crippen LogP) is 1.76. The third kappa shape index (κ3) is 5.36. The fraction of sp³-hybridized carbons (Fsp3) is 0.500. The van der Waals surface area contributed by atoms with Crippen molar-refractivity contribution in [2.24, 2.45) is 0 Å². The molecule has 1 amide bonds. The topological polar surface area (TPSA) is 59.6 Å². The van der Waals surface area contributed by atoms with Crippen LogP contribution in [0.5, 0.6) is 5.75 Å². The molecule has 0 saturated heterocycles. The average Bonchev–Trinajstić information content (AvgIpc) is 2.45. The Labute approximate surface area is 124 Å². The van der Waals surface area contributed by atoms with E-state index in [2.05, 4.69) is 10.6 Å². The van der Waals surface area contributed by atoms with Gasteiger partial charge in [-0.25, -0.2) is 0 Å². The molecule has 1 rings (SSSR count). The Hall–Kier alpha value is -1.30. The van der Waals surface area contributed by atoms with E-state index in [1.165, 1.54) is 0 Å². The van der Waals surface area contributed by atoms with E-state index < -0.39 is 0 Å². The number of carbonyl (C=O) groups excluding carboxylic acids is 1. The number of hydrogen-bond acceptors (Lipinski definition) is 4. The van der Waals surface area contributed by atoms with Gasteiger partial charge in [-0.1, -0.05) is 11.6 Å². The van der Waals surface area contributed by atoms with Crippen LogP contribution in [0.25, 0.3) is 0 Å². The summed E-state index contributed by atoms with van der Waals surface area (Å²) >= 11 is 5.99. The van der Waals surface area contributed by atoms with Crippen LogP contribution >= 0.6 is 11.6 Å². The van der Waals surface area contributed by atoms with Crippen LogP contribution in [0.2, 0.25) is 5.02 Å². The summed E-state index contributed by atoms with van der Waals surface area (Å²) in [6.07, 6.45) is 0. The lowest BCUT2D eigenvalue weighted by Gasteiger charge is -2.16. The molecule has 0 aliphatic rings. The maximum atomic E-state index is 11.6. The van der Waals surface area contributed by atoms with Crippen molar-refractivity contribution >= 4 is 17.5 Å². The average molecular weight is 301 g/mol. The van der Waals surface area contributed by atoms with E-state index >= 15 is 0 Å². The molecule has 20 heavy (non-hydrogen) atoms. The summed E-state index contributed by atoms with van der Waals surface area (Å²) in [5, 5.41) is 6.46. The monoisotopic (exact) mass is 300 g/mol. The van der Waals surface area contributed by atoms with Crippen molar-refractivity contribution in [2.75, 3.05) is 33.9 Å². The first-order chi connectivity index (χ1) is 9.58. The molecule has 112 valence electrons. The number of rotatable bonds is 8. The second kappa shape index (κ2) is 8.79. The van der Waals surface area contributed by atoms with Crippen LogP contribution < -0.4 is 15.4 Å². The number of carbonyl (C=O) groups is 1. The lowest BCUT2D eigenvalue weighted by molar-refractivity contribution is -0.123. The summed E-state index contributed by atoms with van der Waals surface area (Å²) in [7, 11) is 3.44. The van der Waals surface area contributed by atoms with Crippen LogP contribution in [0.15, 0.2) is 18.2 Å². The molecule has 5 nitrogen and oxygen atoms in total. The summed E-state index contributed by atoms with van der Waals surface area (Å²) < 4.78 is 10.4. The number of benzene rings is 1. The van der Waals surface area contributed by atoms with Gasteiger partial charge in [-0.2, -0.15) is 0 Å². The van der Waals surface area contributed by atoms with E-state index in [4.69, 9.17) is 21.1 Å². The Morgan fingerprint density at radius 2 is 2.20 bits per heavy atom. The quantitative estimate of drug-likeness (QED) is 0.718. The number of methoxy groups -OCH3 is 1. The molecule has 0 saturated carbocycles. The smallest absolute Gasteiger partial charge is 0.258 e. The highest BCUT2D eigenvalue weighted by molar-refractivity contribution is 6.30. The molecule has 1 aromatic rings. The predicted molar refractivity (Wildman–Crippen MR) is 79.3 cm³/mol. The third-order valence-corrected chi connectivity index (χ3v) is 3.09. The standard InChI is InChI=1S/C14H21ClN2O3/c1-10(16-2)12-8-11(15)4-5-13(12)20-9-14(18)17-6-7-19-3/h4-5,8,10,16H,6-7,9H2,1-3H3,(H,17,18). The summed E-state index contributed by atoms with van der Waals surface area (Å²) in [5.41, 5.74) is 0.921. The molecule has 0 heterocycles. The second-order valence-corrected chi connectivity index (χ2v) is 4.76. The van der Waals surface area contributed by atoms with E-state index in [1.807, 2.05) is 20.0 Å². The van der Waals surface area contributed by atoms with Gasteiger partial charge in [0.05, 0.1) is 6.61 Å². The maximum absolute atomic E-state index is 11.6. The highest BCUT2D eigenvalue weighted by Crippen LogP contribution is 2.28. The molecule has 1 aromatic carbocycles. The normalized spacial score (nSPS) is 12.0. The maximum Gasteiger partial charge on any atom is 0.258 e. The SMILES string of the molecule is CNC(C)c1cc(Cl)ccc1OCC(=O)NCCOC. The summed E-state index contributed by atoms with van der Waals surface area (Å²) in [5.74, 6) is 0.471. The van der Waals surface area contributed by atoms with Gasteiger partial charge in [-0.3, -0.25) is 4.79 Å². The number of ether oxygens (including phenoxy) is 2. The van der Waals surface area contributed by atoms with E-state index in [0.717, 1.165) is 5.56 Å². The van der Waals surface area contributed by atoms with Crippen LogP contribution in [0.4, 0.5) is 0 Å². The van der Waals surface area contributed by atoms with Crippen molar-refractivity contribution in [3.63, 3.8) is 0 Å². The Morgan fingerprint density at radius 1 is 1.45 bits per heavy atom. The highest BCUT2D eigenvalue weighted by atomic mass is 35.5. The fourth-order valence-electron chi connectivity index (χ4n) is 1.63. The highest BCUT2D eigenvalue weighted by Gasteiger charge is 2.12. The first-order valence-corrected chi connectivity index (χ1v) is 6.81.